The molecule has 3 aromatic carbocycles. The van der Waals surface area contributed by atoms with E-state index in [1.165, 1.54) is 7.11 Å². The molecular formula is C27H25N5O4. The molecule has 182 valence electrons. The molecule has 1 aliphatic rings. The van der Waals surface area contributed by atoms with Gasteiger partial charge in [-0.05, 0) is 55.3 Å². The average Bonchev–Trinajstić information content (AvgIpc) is 3.65. The predicted octanol–water partition coefficient (Wildman–Crippen LogP) is 4.42. The molecule has 1 fully saturated rings. The van der Waals surface area contributed by atoms with Gasteiger partial charge in [-0.15, -0.1) is 5.10 Å². The topological polar surface area (TPSA) is 107 Å². The lowest BCUT2D eigenvalue weighted by molar-refractivity contribution is -0.118. The first-order chi connectivity index (χ1) is 17.6. The van der Waals surface area contributed by atoms with Crippen LogP contribution in [0, 0.1) is 0 Å². The van der Waals surface area contributed by atoms with E-state index < -0.39 is 0 Å². The maximum atomic E-state index is 13.1. The first-order valence-electron chi connectivity index (χ1n) is 11.6. The molecule has 9 nitrogen and oxygen atoms in total. The summed E-state index contributed by atoms with van der Waals surface area (Å²) >= 11 is 0. The Balaban J connectivity index is 1.25. The van der Waals surface area contributed by atoms with Crippen LogP contribution in [0.4, 0.5) is 11.4 Å². The van der Waals surface area contributed by atoms with Crippen molar-refractivity contribution < 1.29 is 19.1 Å². The number of rotatable bonds is 9. The normalized spacial score (nSPS) is 12.6. The number of anilines is 2. The van der Waals surface area contributed by atoms with Crippen molar-refractivity contribution in [3.05, 3.63) is 90.3 Å². The van der Waals surface area contributed by atoms with E-state index in [1.54, 1.807) is 47.1 Å². The largest absolute Gasteiger partial charge is 0.493 e. The summed E-state index contributed by atoms with van der Waals surface area (Å²) in [7, 11) is 1.54. The highest BCUT2D eigenvalue weighted by Crippen LogP contribution is 2.42. The van der Waals surface area contributed by atoms with Crippen LogP contribution in [0.1, 0.15) is 34.9 Å². The number of nitrogens with zero attached hydrogens (tertiary/aromatic N) is 3. The fraction of sp³-hybridized carbons (Fsp3) is 0.185. The maximum Gasteiger partial charge on any atom is 0.278 e. The summed E-state index contributed by atoms with van der Waals surface area (Å²) < 4.78 is 12.5. The third-order valence-corrected chi connectivity index (χ3v) is 5.72. The Morgan fingerprint density at radius 1 is 0.917 bits per heavy atom. The maximum absolute atomic E-state index is 13.1. The van der Waals surface area contributed by atoms with E-state index in [2.05, 4.69) is 20.9 Å². The summed E-state index contributed by atoms with van der Waals surface area (Å²) in [4.78, 5) is 25.5. The Kier molecular flexibility index (Phi) is 6.61. The fourth-order valence-electron chi connectivity index (χ4n) is 3.88. The number of hydrogen-bond acceptors (Lipinski definition) is 6. The molecule has 36 heavy (non-hydrogen) atoms. The molecule has 1 aromatic heterocycles. The van der Waals surface area contributed by atoms with Crippen molar-refractivity contribution >= 4 is 23.2 Å². The van der Waals surface area contributed by atoms with Gasteiger partial charge in [0.05, 0.1) is 18.5 Å². The second kappa shape index (κ2) is 10.3. The predicted molar refractivity (Wildman–Crippen MR) is 135 cm³/mol. The molecule has 2 amide bonds. The molecule has 2 N–H and O–H groups in total. The van der Waals surface area contributed by atoms with E-state index in [1.807, 2.05) is 36.4 Å². The molecule has 1 saturated carbocycles. The second-order valence-electron chi connectivity index (χ2n) is 8.37. The molecule has 0 saturated heterocycles. The average molecular weight is 484 g/mol. The molecule has 1 heterocycles. The van der Waals surface area contributed by atoms with Crippen LogP contribution in [-0.2, 0) is 4.79 Å². The number of para-hydroxylation sites is 3. The molecule has 5 rings (SSSR count). The number of carbonyl (C=O) groups excluding carboxylic acids is 2. The number of carbonyl (C=O) groups is 2. The molecule has 9 heteroatoms. The van der Waals surface area contributed by atoms with E-state index in [-0.39, 0.29) is 24.3 Å². The molecule has 0 unspecified atom stereocenters. The highest BCUT2D eigenvalue weighted by Gasteiger charge is 2.34. The Hall–Kier alpha value is -4.66. The van der Waals surface area contributed by atoms with Crippen molar-refractivity contribution in [2.75, 3.05) is 24.4 Å². The van der Waals surface area contributed by atoms with Gasteiger partial charge in [-0.25, -0.2) is 4.68 Å². The van der Waals surface area contributed by atoms with Crippen molar-refractivity contribution in [1.82, 2.24) is 15.0 Å². The quantitative estimate of drug-likeness (QED) is 0.365. The number of aromatic nitrogens is 3. The van der Waals surface area contributed by atoms with Gasteiger partial charge in [0.15, 0.2) is 23.8 Å². The first kappa shape index (κ1) is 23.1. The van der Waals surface area contributed by atoms with Gasteiger partial charge in [0.25, 0.3) is 11.8 Å². The van der Waals surface area contributed by atoms with Crippen LogP contribution in [0.3, 0.4) is 0 Å². The van der Waals surface area contributed by atoms with Crippen molar-refractivity contribution in [3.8, 4) is 17.2 Å². The van der Waals surface area contributed by atoms with Gasteiger partial charge >= 0.3 is 0 Å². The Morgan fingerprint density at radius 2 is 1.61 bits per heavy atom. The molecule has 0 spiro atoms. The van der Waals surface area contributed by atoms with Gasteiger partial charge in [0.2, 0.25) is 0 Å². The first-order valence-corrected chi connectivity index (χ1v) is 11.6. The summed E-state index contributed by atoms with van der Waals surface area (Å²) in [5.74, 6) is 0.596. The summed E-state index contributed by atoms with van der Waals surface area (Å²) in [5, 5.41) is 14.1. The van der Waals surface area contributed by atoms with Crippen LogP contribution < -0.4 is 20.1 Å². The van der Waals surface area contributed by atoms with Crippen LogP contribution in [0.5, 0.6) is 11.5 Å². The Labute approximate surface area is 208 Å². The molecular weight excluding hydrogens is 458 g/mol. The van der Waals surface area contributed by atoms with Gasteiger partial charge in [-0.2, -0.15) is 0 Å². The highest BCUT2D eigenvalue weighted by molar-refractivity contribution is 6.04. The zero-order chi connectivity index (χ0) is 24.9. The molecule has 0 bridgehead atoms. The highest BCUT2D eigenvalue weighted by atomic mass is 16.5. The summed E-state index contributed by atoms with van der Waals surface area (Å²) in [6.07, 6.45) is 2.00. The number of amides is 2. The lowest BCUT2D eigenvalue weighted by atomic mass is 10.2. The van der Waals surface area contributed by atoms with Crippen LogP contribution in [-0.4, -0.2) is 40.5 Å². The zero-order valence-corrected chi connectivity index (χ0v) is 19.7. The number of benzene rings is 3. The Bertz CT molecular complexity index is 1380. The molecule has 4 aromatic rings. The van der Waals surface area contributed by atoms with E-state index in [4.69, 9.17) is 9.47 Å². The lowest BCUT2D eigenvalue weighted by Crippen LogP contribution is -2.20. The van der Waals surface area contributed by atoms with Crippen molar-refractivity contribution in [3.63, 3.8) is 0 Å². The SMILES string of the molecule is COc1ccccc1OCC(=O)Nc1cccc(NC(=O)c2nnn(-c3ccccc3)c2C2CC2)c1. The summed E-state index contributed by atoms with van der Waals surface area (Å²) in [6, 6.07) is 23.7. The lowest BCUT2D eigenvalue weighted by Gasteiger charge is -2.11. The third kappa shape index (κ3) is 5.20. The number of hydrogen-bond donors (Lipinski definition) is 2. The summed E-state index contributed by atoms with van der Waals surface area (Å²) in [6.45, 7) is -0.190. The number of nitrogens with one attached hydrogen (secondary N) is 2. The fourth-order valence-corrected chi connectivity index (χ4v) is 3.88. The zero-order valence-electron chi connectivity index (χ0n) is 19.7. The van der Waals surface area contributed by atoms with Crippen LogP contribution in [0.25, 0.3) is 5.69 Å². The Morgan fingerprint density at radius 3 is 2.33 bits per heavy atom. The van der Waals surface area contributed by atoms with Gasteiger partial charge in [-0.3, -0.25) is 9.59 Å². The minimum atomic E-state index is -0.345. The molecule has 1 aliphatic carbocycles. The van der Waals surface area contributed by atoms with Gasteiger partial charge in [-0.1, -0.05) is 41.6 Å². The van der Waals surface area contributed by atoms with Crippen molar-refractivity contribution in [1.29, 1.82) is 0 Å². The number of methoxy groups -OCH3 is 1. The molecule has 0 radical (unpaired) electrons. The van der Waals surface area contributed by atoms with Crippen LogP contribution in [0.15, 0.2) is 78.9 Å². The van der Waals surface area contributed by atoms with E-state index in [9.17, 15) is 9.59 Å². The van der Waals surface area contributed by atoms with Crippen molar-refractivity contribution in [2.45, 2.75) is 18.8 Å². The minimum absolute atomic E-state index is 0.190. The van der Waals surface area contributed by atoms with Gasteiger partial charge in [0, 0.05) is 17.3 Å². The molecule has 0 aliphatic heterocycles. The van der Waals surface area contributed by atoms with Crippen LogP contribution in [0.2, 0.25) is 0 Å². The van der Waals surface area contributed by atoms with Crippen molar-refractivity contribution in [2.24, 2.45) is 0 Å². The monoisotopic (exact) mass is 483 g/mol. The standard InChI is InChI=1S/C27H25N5O4/c1-35-22-12-5-6-13-23(22)36-17-24(33)28-19-8-7-9-20(16-19)29-27(34)25-26(18-14-15-18)32(31-30-25)21-10-3-2-4-11-21/h2-13,16,18H,14-15,17H2,1H3,(H,28,33)(H,29,34). The van der Waals surface area contributed by atoms with Crippen LogP contribution >= 0.6 is 0 Å². The van der Waals surface area contributed by atoms with E-state index >= 15 is 0 Å². The second-order valence-corrected chi connectivity index (χ2v) is 8.37. The molecule has 0 atom stereocenters. The smallest absolute Gasteiger partial charge is 0.278 e. The third-order valence-electron chi connectivity index (χ3n) is 5.72. The van der Waals surface area contributed by atoms with Gasteiger partial charge < -0.3 is 20.1 Å². The minimum Gasteiger partial charge on any atom is -0.493 e. The van der Waals surface area contributed by atoms with E-state index in [0.29, 0.717) is 28.6 Å². The van der Waals surface area contributed by atoms with E-state index in [0.717, 1.165) is 24.2 Å². The number of ether oxygens (including phenoxy) is 2. The van der Waals surface area contributed by atoms with Gasteiger partial charge in [0.1, 0.15) is 0 Å². The summed E-state index contributed by atoms with van der Waals surface area (Å²) in [5.41, 5.74) is 3.04.